The normalized spacial score (nSPS) is 11.6. The first-order valence-electron chi connectivity index (χ1n) is 8.26. The second kappa shape index (κ2) is 11.1. The fourth-order valence-corrected chi connectivity index (χ4v) is 2.45. The van der Waals surface area contributed by atoms with E-state index in [1.165, 1.54) is 24.8 Å². The van der Waals surface area contributed by atoms with Gasteiger partial charge in [0, 0.05) is 5.57 Å². The summed E-state index contributed by atoms with van der Waals surface area (Å²) in [6, 6.07) is 10.6. The third kappa shape index (κ3) is 8.34. The van der Waals surface area contributed by atoms with Gasteiger partial charge in [0.25, 0.3) is 0 Å². The lowest BCUT2D eigenvalue weighted by molar-refractivity contribution is -0.114. The molecule has 1 amide bonds. The molecule has 0 saturated carbocycles. The first-order chi connectivity index (χ1) is 10.2. The summed E-state index contributed by atoms with van der Waals surface area (Å²) in [4.78, 5) is 11.4. The van der Waals surface area contributed by atoms with Crippen LogP contribution in [0.3, 0.4) is 0 Å². The maximum Gasteiger partial charge on any atom is 0.244 e. The van der Waals surface area contributed by atoms with E-state index in [0.29, 0.717) is 0 Å². The van der Waals surface area contributed by atoms with Gasteiger partial charge in [0.2, 0.25) is 5.91 Å². The molecule has 0 fully saturated rings. The molecule has 1 rings (SSSR count). The highest BCUT2D eigenvalue weighted by atomic mass is 16.1. The van der Waals surface area contributed by atoms with Crippen molar-refractivity contribution < 1.29 is 4.79 Å². The molecule has 2 N–H and O–H groups in total. The van der Waals surface area contributed by atoms with Crippen LogP contribution in [0.5, 0.6) is 0 Å². The Bertz CT molecular complexity index is 422. The number of nitrogens with two attached hydrogens (primary N) is 1. The lowest BCUT2D eigenvalue weighted by Gasteiger charge is -2.05. The van der Waals surface area contributed by atoms with Gasteiger partial charge in [0.1, 0.15) is 0 Å². The van der Waals surface area contributed by atoms with Crippen LogP contribution in [0.25, 0.3) is 0 Å². The number of primary amides is 1. The zero-order valence-corrected chi connectivity index (χ0v) is 13.3. The zero-order chi connectivity index (χ0) is 15.3. The van der Waals surface area contributed by atoms with Crippen LogP contribution in [0, 0.1) is 0 Å². The summed E-state index contributed by atoms with van der Waals surface area (Å²) in [6.45, 7) is 2.16. The SMILES string of the molecule is CCCC/C=C(/CCCCCCc1ccccc1)C(N)=O. The summed E-state index contributed by atoms with van der Waals surface area (Å²) in [7, 11) is 0. The average molecular weight is 287 g/mol. The minimum atomic E-state index is -0.240. The fraction of sp³-hybridized carbons (Fsp3) is 0.526. The van der Waals surface area contributed by atoms with Crippen LogP contribution in [0.2, 0.25) is 0 Å². The van der Waals surface area contributed by atoms with Crippen molar-refractivity contribution in [3.05, 3.63) is 47.5 Å². The molecule has 0 aliphatic heterocycles. The molecule has 116 valence electrons. The van der Waals surface area contributed by atoms with E-state index in [4.69, 9.17) is 5.73 Å². The van der Waals surface area contributed by atoms with E-state index in [9.17, 15) is 4.79 Å². The number of aryl methyl sites for hydroxylation is 1. The molecule has 0 spiro atoms. The molecule has 0 unspecified atom stereocenters. The van der Waals surface area contributed by atoms with Gasteiger partial charge >= 0.3 is 0 Å². The molecule has 1 aromatic rings. The van der Waals surface area contributed by atoms with E-state index < -0.39 is 0 Å². The molecule has 1 aromatic carbocycles. The summed E-state index contributed by atoms with van der Waals surface area (Å²) in [5.74, 6) is -0.240. The van der Waals surface area contributed by atoms with Crippen LogP contribution >= 0.6 is 0 Å². The van der Waals surface area contributed by atoms with Gasteiger partial charge in [0.15, 0.2) is 0 Å². The summed E-state index contributed by atoms with van der Waals surface area (Å²) >= 11 is 0. The van der Waals surface area contributed by atoms with Gasteiger partial charge in [-0.25, -0.2) is 0 Å². The summed E-state index contributed by atoms with van der Waals surface area (Å²) in [6.07, 6.45) is 12.0. The average Bonchev–Trinajstić information content (AvgIpc) is 2.49. The largest absolute Gasteiger partial charge is 0.366 e. The minimum Gasteiger partial charge on any atom is -0.366 e. The predicted molar refractivity (Wildman–Crippen MR) is 90.0 cm³/mol. The number of hydrogen-bond acceptors (Lipinski definition) is 1. The molecule has 0 aliphatic carbocycles. The fourth-order valence-electron chi connectivity index (χ4n) is 2.45. The molecule has 0 saturated heterocycles. The van der Waals surface area contributed by atoms with Crippen molar-refractivity contribution >= 4 is 5.91 Å². The highest BCUT2D eigenvalue weighted by molar-refractivity contribution is 5.91. The van der Waals surface area contributed by atoms with Crippen molar-refractivity contribution in [2.45, 2.75) is 64.7 Å². The molecule has 0 bridgehead atoms. The Labute approximate surface area is 129 Å². The van der Waals surface area contributed by atoms with Crippen molar-refractivity contribution in [1.29, 1.82) is 0 Å². The monoisotopic (exact) mass is 287 g/mol. The maximum absolute atomic E-state index is 11.4. The first-order valence-corrected chi connectivity index (χ1v) is 8.26. The molecule has 0 atom stereocenters. The number of carbonyl (C=O) groups is 1. The Kier molecular flexibility index (Phi) is 9.26. The lowest BCUT2D eigenvalue weighted by Crippen LogP contribution is -2.14. The molecular weight excluding hydrogens is 258 g/mol. The molecule has 0 heterocycles. The summed E-state index contributed by atoms with van der Waals surface area (Å²) < 4.78 is 0. The molecule has 0 aromatic heterocycles. The van der Waals surface area contributed by atoms with Gasteiger partial charge in [0.05, 0.1) is 0 Å². The van der Waals surface area contributed by atoms with E-state index in [-0.39, 0.29) is 5.91 Å². The number of allylic oxidation sites excluding steroid dienone is 1. The first kappa shape index (κ1) is 17.5. The second-order valence-electron chi connectivity index (χ2n) is 5.64. The maximum atomic E-state index is 11.4. The number of benzene rings is 1. The van der Waals surface area contributed by atoms with Crippen molar-refractivity contribution in [2.24, 2.45) is 5.73 Å². The van der Waals surface area contributed by atoms with E-state index in [1.807, 2.05) is 6.08 Å². The molecular formula is C19H29NO. The van der Waals surface area contributed by atoms with E-state index in [0.717, 1.165) is 44.1 Å². The van der Waals surface area contributed by atoms with Gasteiger partial charge in [-0.05, 0) is 37.7 Å². The second-order valence-corrected chi connectivity index (χ2v) is 5.64. The number of hydrogen-bond donors (Lipinski definition) is 1. The van der Waals surface area contributed by atoms with Crippen LogP contribution in [0.1, 0.15) is 63.9 Å². The van der Waals surface area contributed by atoms with Crippen molar-refractivity contribution in [3.63, 3.8) is 0 Å². The van der Waals surface area contributed by atoms with Gasteiger partial charge in [-0.15, -0.1) is 0 Å². The van der Waals surface area contributed by atoms with Gasteiger partial charge in [-0.1, -0.05) is 69.0 Å². The van der Waals surface area contributed by atoms with E-state index in [2.05, 4.69) is 37.3 Å². The molecule has 2 heteroatoms. The van der Waals surface area contributed by atoms with Crippen LogP contribution in [-0.4, -0.2) is 5.91 Å². The Balaban J connectivity index is 2.14. The van der Waals surface area contributed by atoms with Gasteiger partial charge < -0.3 is 5.73 Å². The van der Waals surface area contributed by atoms with Crippen molar-refractivity contribution in [2.75, 3.05) is 0 Å². The highest BCUT2D eigenvalue weighted by Gasteiger charge is 2.04. The molecule has 0 radical (unpaired) electrons. The summed E-state index contributed by atoms with van der Waals surface area (Å²) in [5, 5.41) is 0. The number of unbranched alkanes of at least 4 members (excludes halogenated alkanes) is 5. The van der Waals surface area contributed by atoms with Crippen LogP contribution in [0.15, 0.2) is 42.0 Å². The molecule has 0 aliphatic rings. The van der Waals surface area contributed by atoms with Crippen molar-refractivity contribution in [3.8, 4) is 0 Å². The molecule has 21 heavy (non-hydrogen) atoms. The van der Waals surface area contributed by atoms with Crippen LogP contribution < -0.4 is 5.73 Å². The number of rotatable bonds is 11. The smallest absolute Gasteiger partial charge is 0.244 e. The summed E-state index contributed by atoms with van der Waals surface area (Å²) in [5.41, 5.74) is 7.67. The Morgan fingerprint density at radius 1 is 1.05 bits per heavy atom. The minimum absolute atomic E-state index is 0.240. The van der Waals surface area contributed by atoms with Gasteiger partial charge in [-0.3, -0.25) is 4.79 Å². The molecule has 2 nitrogen and oxygen atoms in total. The third-order valence-electron chi connectivity index (χ3n) is 3.77. The highest BCUT2D eigenvalue weighted by Crippen LogP contribution is 2.13. The Morgan fingerprint density at radius 3 is 2.43 bits per heavy atom. The van der Waals surface area contributed by atoms with E-state index in [1.54, 1.807) is 0 Å². The predicted octanol–water partition coefficient (Wildman–Crippen LogP) is 4.78. The zero-order valence-electron chi connectivity index (χ0n) is 13.3. The van der Waals surface area contributed by atoms with E-state index >= 15 is 0 Å². The van der Waals surface area contributed by atoms with Gasteiger partial charge in [-0.2, -0.15) is 0 Å². The van der Waals surface area contributed by atoms with Crippen LogP contribution in [-0.2, 0) is 11.2 Å². The quantitative estimate of drug-likeness (QED) is 0.462. The standard InChI is InChI=1S/C19H29NO/c1-2-3-7-15-18(19(20)21)16-11-5-4-8-12-17-13-9-6-10-14-17/h6,9-10,13-15H,2-5,7-8,11-12,16H2,1H3,(H2,20,21)/b18-15-. The van der Waals surface area contributed by atoms with Crippen molar-refractivity contribution in [1.82, 2.24) is 0 Å². The number of carbonyl (C=O) groups excluding carboxylic acids is 1. The van der Waals surface area contributed by atoms with Crippen LogP contribution in [0.4, 0.5) is 0 Å². The Hall–Kier alpha value is -1.57. The third-order valence-corrected chi connectivity index (χ3v) is 3.77. The Morgan fingerprint density at radius 2 is 1.76 bits per heavy atom. The number of amides is 1. The lowest BCUT2D eigenvalue weighted by atomic mass is 10.0. The topological polar surface area (TPSA) is 43.1 Å².